The molecule has 2 saturated heterocycles. The quantitative estimate of drug-likeness (QED) is 0.514. The first-order valence-electron chi connectivity index (χ1n) is 12.8. The first-order valence-corrected chi connectivity index (χ1v) is 12.8. The third-order valence-electron chi connectivity index (χ3n) is 7.30. The highest BCUT2D eigenvalue weighted by Gasteiger charge is 2.52. The zero-order valence-corrected chi connectivity index (χ0v) is 20.9. The average Bonchev–Trinajstić information content (AvgIpc) is 3.03. The minimum atomic E-state index is -1.09. The van der Waals surface area contributed by atoms with Crippen LogP contribution in [0.3, 0.4) is 0 Å². The van der Waals surface area contributed by atoms with Crippen molar-refractivity contribution in [2.45, 2.75) is 31.8 Å². The topological polar surface area (TPSA) is 55.9 Å². The first-order chi connectivity index (χ1) is 17.5. The molecule has 0 saturated carbocycles. The summed E-state index contributed by atoms with van der Waals surface area (Å²) in [6.07, 6.45) is 1.42. The molecular weight excluding hydrogens is 448 g/mol. The summed E-state index contributed by atoms with van der Waals surface area (Å²) in [4.78, 5) is 33.3. The van der Waals surface area contributed by atoms with Gasteiger partial charge in [-0.15, -0.1) is 0 Å². The van der Waals surface area contributed by atoms with E-state index in [1.165, 1.54) is 16.0 Å². The molecule has 186 valence electrons. The number of carbonyl (C=O) groups excluding carboxylic acids is 2. The molecule has 5 rings (SSSR count). The summed E-state index contributed by atoms with van der Waals surface area (Å²) in [5, 5.41) is 3.08. The molecule has 3 aromatic carbocycles. The number of nitrogens with zero attached hydrogens (tertiary/aromatic N) is 3. The van der Waals surface area contributed by atoms with Gasteiger partial charge in [-0.3, -0.25) is 14.6 Å². The molecule has 1 N–H and O–H groups in total. The third kappa shape index (κ3) is 5.20. The molecule has 2 aliphatic rings. The number of benzene rings is 3. The lowest BCUT2D eigenvalue weighted by molar-refractivity contribution is -0.133. The van der Waals surface area contributed by atoms with Crippen LogP contribution in [0.5, 0.6) is 0 Å². The maximum absolute atomic E-state index is 13.9. The predicted molar refractivity (Wildman–Crippen MR) is 141 cm³/mol. The highest BCUT2D eigenvalue weighted by molar-refractivity contribution is 6.07. The number of urea groups is 1. The van der Waals surface area contributed by atoms with Crippen molar-refractivity contribution in [3.8, 4) is 0 Å². The number of nitrogens with one attached hydrogen (secondary N) is 1. The van der Waals surface area contributed by atoms with Crippen molar-refractivity contribution < 1.29 is 9.59 Å². The Morgan fingerprint density at radius 1 is 0.750 bits per heavy atom. The molecule has 0 spiro atoms. The second-order valence-corrected chi connectivity index (χ2v) is 9.97. The molecule has 0 radical (unpaired) electrons. The Labute approximate surface area is 213 Å². The zero-order valence-electron chi connectivity index (χ0n) is 20.9. The van der Waals surface area contributed by atoms with Crippen LogP contribution < -0.4 is 5.32 Å². The number of hydrogen-bond acceptors (Lipinski definition) is 4. The van der Waals surface area contributed by atoms with Crippen LogP contribution >= 0.6 is 0 Å². The van der Waals surface area contributed by atoms with Gasteiger partial charge in [0.15, 0.2) is 5.54 Å². The summed E-state index contributed by atoms with van der Waals surface area (Å²) >= 11 is 0. The van der Waals surface area contributed by atoms with Crippen LogP contribution in [0.4, 0.5) is 4.79 Å². The first kappa shape index (κ1) is 24.2. The van der Waals surface area contributed by atoms with Crippen LogP contribution in [0, 0.1) is 6.92 Å². The van der Waals surface area contributed by atoms with E-state index in [-0.39, 0.29) is 11.9 Å². The summed E-state index contributed by atoms with van der Waals surface area (Å²) in [5.41, 5.74) is 3.32. The highest BCUT2D eigenvalue weighted by atomic mass is 16.2. The summed E-state index contributed by atoms with van der Waals surface area (Å²) in [6.45, 7) is 6.93. The van der Waals surface area contributed by atoms with Gasteiger partial charge in [0.05, 0.1) is 6.67 Å². The monoisotopic (exact) mass is 482 g/mol. The molecule has 2 heterocycles. The van der Waals surface area contributed by atoms with E-state index >= 15 is 0 Å². The van der Waals surface area contributed by atoms with Gasteiger partial charge in [-0.25, -0.2) is 9.69 Å². The van der Waals surface area contributed by atoms with Gasteiger partial charge in [-0.05, 0) is 36.6 Å². The number of imide groups is 1. The van der Waals surface area contributed by atoms with E-state index in [2.05, 4.69) is 46.3 Å². The van der Waals surface area contributed by atoms with Crippen molar-refractivity contribution in [2.75, 3.05) is 32.8 Å². The minimum absolute atomic E-state index is 0.177. The molecular formula is C30H34N4O2. The van der Waals surface area contributed by atoms with Crippen molar-refractivity contribution in [3.05, 3.63) is 107 Å². The minimum Gasteiger partial charge on any atom is -0.319 e. The molecule has 6 nitrogen and oxygen atoms in total. The van der Waals surface area contributed by atoms with E-state index in [0.29, 0.717) is 13.1 Å². The lowest BCUT2D eigenvalue weighted by atomic mass is 9.83. The van der Waals surface area contributed by atoms with Gasteiger partial charge < -0.3 is 5.32 Å². The molecule has 3 aromatic rings. The van der Waals surface area contributed by atoms with Crippen LogP contribution in [0.1, 0.15) is 28.7 Å². The molecule has 36 heavy (non-hydrogen) atoms. The van der Waals surface area contributed by atoms with Gasteiger partial charge in [0, 0.05) is 32.6 Å². The van der Waals surface area contributed by atoms with E-state index in [1.807, 2.05) is 60.7 Å². The van der Waals surface area contributed by atoms with Crippen LogP contribution in [0.2, 0.25) is 0 Å². The maximum Gasteiger partial charge on any atom is 0.326 e. The Morgan fingerprint density at radius 2 is 1.39 bits per heavy atom. The van der Waals surface area contributed by atoms with Gasteiger partial charge in [0.2, 0.25) is 0 Å². The molecule has 2 fully saturated rings. The average molecular weight is 483 g/mol. The van der Waals surface area contributed by atoms with Gasteiger partial charge in [0.25, 0.3) is 5.91 Å². The largest absolute Gasteiger partial charge is 0.326 e. The van der Waals surface area contributed by atoms with Gasteiger partial charge >= 0.3 is 6.03 Å². The van der Waals surface area contributed by atoms with E-state index < -0.39 is 5.54 Å². The van der Waals surface area contributed by atoms with Gasteiger partial charge in [-0.2, -0.15) is 0 Å². The van der Waals surface area contributed by atoms with Crippen LogP contribution in [-0.2, 0) is 23.3 Å². The van der Waals surface area contributed by atoms with Crippen molar-refractivity contribution in [3.63, 3.8) is 0 Å². The third-order valence-corrected chi connectivity index (χ3v) is 7.30. The Balaban J connectivity index is 1.29. The molecule has 2 aliphatic heterocycles. The fourth-order valence-corrected chi connectivity index (χ4v) is 5.27. The molecule has 0 unspecified atom stereocenters. The van der Waals surface area contributed by atoms with Crippen LogP contribution in [0.25, 0.3) is 0 Å². The van der Waals surface area contributed by atoms with E-state index in [1.54, 1.807) is 0 Å². The molecule has 6 heteroatoms. The Hall–Kier alpha value is -3.48. The molecule has 0 aromatic heterocycles. The molecule has 1 atom stereocenters. The maximum atomic E-state index is 13.9. The van der Waals surface area contributed by atoms with E-state index in [0.717, 1.165) is 50.3 Å². The lowest BCUT2D eigenvalue weighted by Crippen LogP contribution is -2.47. The molecule has 0 bridgehead atoms. The van der Waals surface area contributed by atoms with E-state index in [4.69, 9.17) is 0 Å². The van der Waals surface area contributed by atoms with Crippen molar-refractivity contribution in [1.29, 1.82) is 0 Å². The normalized spacial score (nSPS) is 21.4. The molecule has 0 aliphatic carbocycles. The highest BCUT2D eigenvalue weighted by Crippen LogP contribution is 2.33. The smallest absolute Gasteiger partial charge is 0.319 e. The summed E-state index contributed by atoms with van der Waals surface area (Å²) in [6, 6.07) is 27.9. The number of amides is 3. The zero-order chi connectivity index (χ0) is 25.0. The summed E-state index contributed by atoms with van der Waals surface area (Å²) in [7, 11) is 0. The van der Waals surface area contributed by atoms with Crippen molar-refractivity contribution in [1.82, 2.24) is 20.0 Å². The Kier molecular flexibility index (Phi) is 7.16. The lowest BCUT2D eigenvalue weighted by Gasteiger charge is -2.29. The van der Waals surface area contributed by atoms with Crippen LogP contribution in [0.15, 0.2) is 84.9 Å². The standard InChI is InChI=1S/C30H34N4O2/c1-24-13-15-26(16-14-24)22-32-17-8-18-33(20-19-32)23-34-28(35)30(31-29(34)36,27-11-6-3-7-12-27)21-25-9-4-2-5-10-25/h2-7,9-16H,8,17-23H2,1H3,(H,31,36)/t30-/m1/s1. The second kappa shape index (κ2) is 10.6. The van der Waals surface area contributed by atoms with Crippen molar-refractivity contribution >= 4 is 11.9 Å². The predicted octanol–water partition coefficient (Wildman–Crippen LogP) is 4.15. The van der Waals surface area contributed by atoms with Gasteiger partial charge in [0.1, 0.15) is 0 Å². The number of hydrogen-bond donors (Lipinski definition) is 1. The van der Waals surface area contributed by atoms with Gasteiger partial charge in [-0.1, -0.05) is 90.5 Å². The fourth-order valence-electron chi connectivity index (χ4n) is 5.27. The fraction of sp³-hybridized carbons (Fsp3) is 0.333. The summed E-state index contributed by atoms with van der Waals surface area (Å²) in [5.74, 6) is -0.177. The second-order valence-electron chi connectivity index (χ2n) is 9.97. The summed E-state index contributed by atoms with van der Waals surface area (Å²) < 4.78 is 0. The van der Waals surface area contributed by atoms with Crippen LogP contribution in [-0.4, -0.2) is 59.5 Å². The van der Waals surface area contributed by atoms with E-state index in [9.17, 15) is 9.59 Å². The Morgan fingerprint density at radius 3 is 2.11 bits per heavy atom. The Bertz CT molecular complexity index is 1180. The van der Waals surface area contributed by atoms with Crippen molar-refractivity contribution in [2.24, 2.45) is 0 Å². The SMILES string of the molecule is Cc1ccc(CN2CCCN(CN3C(=O)N[C@](Cc4ccccc4)(c4ccccc4)C3=O)CC2)cc1. The number of aryl methyl sites for hydroxylation is 1. The number of carbonyl (C=O) groups is 2. The molecule has 3 amide bonds. The number of rotatable bonds is 7.